The fourth-order valence-electron chi connectivity index (χ4n) is 3.85. The maximum absolute atomic E-state index is 12.8. The molecule has 3 heterocycles. The molecule has 1 aromatic carbocycles. The molecule has 0 aliphatic carbocycles. The Morgan fingerprint density at radius 3 is 2.92 bits per heavy atom. The summed E-state index contributed by atoms with van der Waals surface area (Å²) in [7, 11) is 1.67. The fraction of sp³-hybridized carbons (Fsp3) is 0.333. The Balaban J connectivity index is 1.45. The molecule has 5 heteroatoms. The molecule has 0 spiro atoms. The highest BCUT2D eigenvalue weighted by atomic mass is 16.5. The number of carbonyl (C=O) groups excluding carboxylic acids is 1. The monoisotopic (exact) mass is 349 g/mol. The number of carbonyl (C=O) groups is 1. The molecule has 0 radical (unpaired) electrons. The number of hydrogen-bond donors (Lipinski definition) is 1. The second-order valence-corrected chi connectivity index (χ2v) is 6.84. The van der Waals surface area contributed by atoms with Gasteiger partial charge in [0.1, 0.15) is 5.65 Å². The van der Waals surface area contributed by atoms with Crippen LogP contribution in [0.3, 0.4) is 0 Å². The van der Waals surface area contributed by atoms with Crippen LogP contribution in [0, 0.1) is 0 Å². The molecule has 3 aromatic rings. The first kappa shape index (κ1) is 16.8. The number of likely N-dealkylation sites (tertiary alicyclic amines) is 1. The van der Waals surface area contributed by atoms with E-state index in [2.05, 4.69) is 22.2 Å². The predicted octanol–water partition coefficient (Wildman–Crippen LogP) is 3.73. The van der Waals surface area contributed by atoms with E-state index in [4.69, 9.17) is 4.74 Å². The van der Waals surface area contributed by atoms with Gasteiger partial charge in [-0.3, -0.25) is 4.79 Å². The van der Waals surface area contributed by atoms with Gasteiger partial charge in [-0.1, -0.05) is 12.1 Å². The number of aromatic nitrogens is 2. The predicted molar refractivity (Wildman–Crippen MR) is 101 cm³/mol. The third kappa shape index (κ3) is 3.22. The van der Waals surface area contributed by atoms with Crippen molar-refractivity contribution in [2.24, 2.45) is 0 Å². The molecule has 0 atom stereocenters. The minimum absolute atomic E-state index is 0.113. The van der Waals surface area contributed by atoms with Crippen LogP contribution >= 0.6 is 0 Å². The summed E-state index contributed by atoms with van der Waals surface area (Å²) >= 11 is 0. The van der Waals surface area contributed by atoms with Gasteiger partial charge in [0.2, 0.25) is 0 Å². The summed E-state index contributed by atoms with van der Waals surface area (Å²) in [6, 6.07) is 11.8. The number of ether oxygens (including phenoxy) is 1. The number of benzene rings is 1. The van der Waals surface area contributed by atoms with Gasteiger partial charge in [-0.15, -0.1) is 0 Å². The fourth-order valence-corrected chi connectivity index (χ4v) is 3.85. The van der Waals surface area contributed by atoms with E-state index in [9.17, 15) is 4.79 Å². The molecule has 26 heavy (non-hydrogen) atoms. The van der Waals surface area contributed by atoms with Crippen LogP contribution in [0.25, 0.3) is 11.0 Å². The van der Waals surface area contributed by atoms with Crippen molar-refractivity contribution in [2.75, 3.05) is 20.2 Å². The van der Waals surface area contributed by atoms with Crippen molar-refractivity contribution in [2.45, 2.75) is 25.4 Å². The lowest BCUT2D eigenvalue weighted by Gasteiger charge is -2.32. The standard InChI is InChI=1S/C21H23N3O2/c1-26-14-15-4-2-5-17(12-15)21(25)24-10-7-16(8-11-24)19-13-23-20-18(19)6-3-9-22-20/h2-6,9,12-13,16H,7-8,10-11,14H2,1H3,(H,22,23). The zero-order chi connectivity index (χ0) is 17.9. The summed E-state index contributed by atoms with van der Waals surface area (Å²) in [6.07, 6.45) is 5.84. The number of amides is 1. The SMILES string of the molecule is COCc1cccc(C(=O)N2CCC(c3c[nH]c4ncccc34)CC2)c1. The summed E-state index contributed by atoms with van der Waals surface area (Å²) in [5.74, 6) is 0.582. The van der Waals surface area contributed by atoms with Gasteiger partial charge >= 0.3 is 0 Å². The summed E-state index contributed by atoms with van der Waals surface area (Å²) in [4.78, 5) is 22.4. The summed E-state index contributed by atoms with van der Waals surface area (Å²) in [5.41, 5.74) is 4.03. The largest absolute Gasteiger partial charge is 0.380 e. The first-order chi connectivity index (χ1) is 12.8. The number of hydrogen-bond acceptors (Lipinski definition) is 3. The number of piperidine rings is 1. The number of fused-ring (bicyclic) bond motifs is 1. The van der Waals surface area contributed by atoms with E-state index in [0.29, 0.717) is 12.5 Å². The lowest BCUT2D eigenvalue weighted by Crippen LogP contribution is -2.37. The lowest BCUT2D eigenvalue weighted by molar-refractivity contribution is 0.0713. The minimum atomic E-state index is 0.113. The summed E-state index contributed by atoms with van der Waals surface area (Å²) < 4.78 is 5.17. The third-order valence-electron chi connectivity index (χ3n) is 5.19. The average Bonchev–Trinajstić information content (AvgIpc) is 3.12. The van der Waals surface area contributed by atoms with Crippen molar-refractivity contribution < 1.29 is 9.53 Å². The Morgan fingerprint density at radius 1 is 1.27 bits per heavy atom. The Kier molecular flexibility index (Phi) is 4.71. The first-order valence-corrected chi connectivity index (χ1v) is 9.05. The highest BCUT2D eigenvalue weighted by Gasteiger charge is 2.26. The number of methoxy groups -OCH3 is 1. The van der Waals surface area contributed by atoms with Gasteiger partial charge in [0, 0.05) is 43.5 Å². The number of rotatable bonds is 4. The van der Waals surface area contributed by atoms with E-state index in [-0.39, 0.29) is 5.91 Å². The van der Waals surface area contributed by atoms with E-state index < -0.39 is 0 Å². The molecular formula is C21H23N3O2. The average molecular weight is 349 g/mol. The smallest absolute Gasteiger partial charge is 0.253 e. The second kappa shape index (κ2) is 7.30. The molecule has 4 rings (SSSR count). The number of H-pyrrole nitrogens is 1. The Labute approximate surface area is 153 Å². The van der Waals surface area contributed by atoms with Gasteiger partial charge < -0.3 is 14.6 Å². The maximum atomic E-state index is 12.8. The van der Waals surface area contributed by atoms with Crippen molar-refractivity contribution in [1.29, 1.82) is 0 Å². The number of nitrogens with one attached hydrogen (secondary N) is 1. The topological polar surface area (TPSA) is 58.2 Å². The molecule has 1 aliphatic heterocycles. The van der Waals surface area contributed by atoms with Crippen LogP contribution in [-0.4, -0.2) is 41.0 Å². The van der Waals surface area contributed by atoms with Crippen molar-refractivity contribution in [3.63, 3.8) is 0 Å². The van der Waals surface area contributed by atoms with Crippen LogP contribution in [0.1, 0.15) is 40.2 Å². The lowest BCUT2D eigenvalue weighted by atomic mass is 9.89. The van der Waals surface area contributed by atoms with Crippen molar-refractivity contribution in [1.82, 2.24) is 14.9 Å². The Morgan fingerprint density at radius 2 is 2.12 bits per heavy atom. The molecule has 0 bridgehead atoms. The van der Waals surface area contributed by atoms with Gasteiger partial charge in [0.25, 0.3) is 5.91 Å². The molecule has 5 nitrogen and oxygen atoms in total. The normalized spacial score (nSPS) is 15.5. The van der Waals surface area contributed by atoms with Gasteiger partial charge in [-0.2, -0.15) is 0 Å². The van der Waals surface area contributed by atoms with E-state index in [0.717, 1.165) is 42.7 Å². The molecule has 0 unspecified atom stereocenters. The summed E-state index contributed by atoms with van der Waals surface area (Å²) in [5, 5.41) is 1.20. The molecular weight excluding hydrogens is 326 g/mol. The molecule has 134 valence electrons. The van der Waals surface area contributed by atoms with Crippen LogP contribution in [-0.2, 0) is 11.3 Å². The molecule has 1 fully saturated rings. The van der Waals surface area contributed by atoms with Crippen molar-refractivity contribution in [3.05, 3.63) is 65.5 Å². The first-order valence-electron chi connectivity index (χ1n) is 9.05. The quantitative estimate of drug-likeness (QED) is 0.781. The maximum Gasteiger partial charge on any atom is 0.253 e. The number of nitrogens with zero attached hydrogens (tertiary/aromatic N) is 2. The summed E-state index contributed by atoms with van der Waals surface area (Å²) in [6.45, 7) is 2.09. The van der Waals surface area contributed by atoms with E-state index in [1.54, 1.807) is 7.11 Å². The second-order valence-electron chi connectivity index (χ2n) is 6.84. The van der Waals surface area contributed by atoms with E-state index in [1.165, 1.54) is 10.9 Å². The molecule has 1 N–H and O–H groups in total. The highest BCUT2D eigenvalue weighted by molar-refractivity contribution is 5.94. The minimum Gasteiger partial charge on any atom is -0.380 e. The molecule has 2 aromatic heterocycles. The van der Waals surface area contributed by atoms with Crippen molar-refractivity contribution in [3.8, 4) is 0 Å². The zero-order valence-electron chi connectivity index (χ0n) is 14.9. The van der Waals surface area contributed by atoms with Gasteiger partial charge in [-0.05, 0) is 54.2 Å². The van der Waals surface area contributed by atoms with E-state index >= 15 is 0 Å². The van der Waals surface area contributed by atoms with Crippen LogP contribution in [0.15, 0.2) is 48.8 Å². The van der Waals surface area contributed by atoms with Crippen molar-refractivity contribution >= 4 is 16.9 Å². The highest BCUT2D eigenvalue weighted by Crippen LogP contribution is 2.32. The van der Waals surface area contributed by atoms with Crippen LogP contribution < -0.4 is 0 Å². The number of pyridine rings is 1. The molecule has 1 amide bonds. The van der Waals surface area contributed by atoms with Gasteiger partial charge in [-0.25, -0.2) is 4.98 Å². The molecule has 0 saturated carbocycles. The number of aromatic amines is 1. The van der Waals surface area contributed by atoms with E-state index in [1.807, 2.05) is 41.4 Å². The Hall–Kier alpha value is -2.66. The van der Waals surface area contributed by atoms with Gasteiger partial charge in [0.05, 0.1) is 6.61 Å². The Bertz CT molecular complexity index is 910. The van der Waals surface area contributed by atoms with Crippen LogP contribution in [0.5, 0.6) is 0 Å². The third-order valence-corrected chi connectivity index (χ3v) is 5.19. The van der Waals surface area contributed by atoms with Gasteiger partial charge in [0.15, 0.2) is 0 Å². The molecule has 1 saturated heterocycles. The zero-order valence-corrected chi connectivity index (χ0v) is 14.9. The van der Waals surface area contributed by atoms with Crippen LogP contribution in [0.2, 0.25) is 0 Å². The molecule has 1 aliphatic rings. The van der Waals surface area contributed by atoms with Crippen LogP contribution in [0.4, 0.5) is 0 Å².